The van der Waals surface area contributed by atoms with Gasteiger partial charge in [-0.1, -0.05) is 20.8 Å². The Morgan fingerprint density at radius 1 is 1.06 bits per heavy atom. The van der Waals surface area contributed by atoms with E-state index in [1.807, 2.05) is 20.8 Å². The lowest BCUT2D eigenvalue weighted by Gasteiger charge is -2.36. The summed E-state index contributed by atoms with van der Waals surface area (Å²) in [7, 11) is 0. The zero-order valence-electron chi connectivity index (χ0n) is 17.9. The second-order valence-electron chi connectivity index (χ2n) is 9.04. The molecule has 1 fully saturated rings. The topological polar surface area (TPSA) is 44.9 Å². The average molecular weight is 428 g/mol. The van der Waals surface area contributed by atoms with Crippen LogP contribution in [-0.2, 0) is 4.79 Å². The molecule has 1 aliphatic rings. The molecule has 0 bridgehead atoms. The zero-order chi connectivity index (χ0) is 22.3. The Morgan fingerprint density at radius 2 is 1.74 bits per heavy atom. The van der Waals surface area contributed by atoms with Gasteiger partial charge in [-0.05, 0) is 72.1 Å². The molecule has 0 aliphatic heterocycles. The second kappa shape index (κ2) is 8.40. The van der Waals surface area contributed by atoms with Crippen molar-refractivity contribution in [1.29, 1.82) is 0 Å². The van der Waals surface area contributed by atoms with E-state index in [2.05, 4.69) is 10.3 Å². The summed E-state index contributed by atoms with van der Waals surface area (Å²) in [6.45, 7) is 6.57. The fourth-order valence-electron chi connectivity index (χ4n) is 4.36. The van der Waals surface area contributed by atoms with E-state index in [9.17, 15) is 18.0 Å². The van der Waals surface area contributed by atoms with E-state index in [0.29, 0.717) is 23.5 Å². The number of carbonyl (C=O) groups is 1. The number of rotatable bonds is 6. The standard InChI is InChI=1S/C25H27F3N2O/c1-13(2)14(3)25(31)29-12-15-8-17(9-15)22-20-10-19(27)11-21(28)24(20)30-23(22)16-4-6-18(26)7-5-16/h4-7,10-11,13-15,17,30H,8-9,12H2,1-3H3,(H,29,31)/t14?,15-,17+. The maximum Gasteiger partial charge on any atom is 0.223 e. The monoisotopic (exact) mass is 428 g/mol. The van der Waals surface area contributed by atoms with Crippen molar-refractivity contribution in [2.75, 3.05) is 6.54 Å². The number of aromatic amines is 1. The molecule has 3 nitrogen and oxygen atoms in total. The maximum absolute atomic E-state index is 14.5. The summed E-state index contributed by atoms with van der Waals surface area (Å²) in [5.74, 6) is -0.895. The number of amides is 1. The summed E-state index contributed by atoms with van der Waals surface area (Å²) < 4.78 is 41.9. The Bertz CT molecular complexity index is 1100. The number of H-pyrrole nitrogens is 1. The van der Waals surface area contributed by atoms with Crippen LogP contribution in [0.25, 0.3) is 22.2 Å². The van der Waals surface area contributed by atoms with Crippen molar-refractivity contribution >= 4 is 16.8 Å². The summed E-state index contributed by atoms with van der Waals surface area (Å²) in [6, 6.07) is 8.22. The Morgan fingerprint density at radius 3 is 2.39 bits per heavy atom. The van der Waals surface area contributed by atoms with Crippen LogP contribution in [0.3, 0.4) is 0 Å². The molecule has 1 amide bonds. The van der Waals surface area contributed by atoms with Gasteiger partial charge in [-0.15, -0.1) is 0 Å². The van der Waals surface area contributed by atoms with Crippen LogP contribution in [0.1, 0.15) is 45.1 Å². The van der Waals surface area contributed by atoms with Gasteiger partial charge in [0.2, 0.25) is 5.91 Å². The van der Waals surface area contributed by atoms with Gasteiger partial charge < -0.3 is 10.3 Å². The summed E-state index contributed by atoms with van der Waals surface area (Å²) in [6.07, 6.45) is 1.63. The summed E-state index contributed by atoms with van der Waals surface area (Å²) in [5.41, 5.74) is 2.55. The summed E-state index contributed by atoms with van der Waals surface area (Å²) in [4.78, 5) is 15.3. The number of halogens is 3. The molecule has 1 atom stereocenters. The highest BCUT2D eigenvalue weighted by Crippen LogP contribution is 2.48. The third-order valence-corrected chi connectivity index (χ3v) is 6.62. The minimum absolute atomic E-state index is 0.0412. The normalized spacial score (nSPS) is 19.5. The van der Waals surface area contributed by atoms with Crippen LogP contribution >= 0.6 is 0 Å². The molecule has 0 saturated heterocycles. The van der Waals surface area contributed by atoms with Gasteiger partial charge in [-0.3, -0.25) is 4.79 Å². The SMILES string of the molecule is CC(C)C(C)C(=O)NC[C@H]1C[C@@H](c2c(-c3ccc(F)cc3)[nH]c3c(F)cc(F)cc32)C1. The Kier molecular flexibility index (Phi) is 5.82. The lowest BCUT2D eigenvalue weighted by molar-refractivity contribution is -0.126. The van der Waals surface area contributed by atoms with E-state index in [-0.39, 0.29) is 35.0 Å². The lowest BCUT2D eigenvalue weighted by atomic mass is 9.70. The highest BCUT2D eigenvalue weighted by Gasteiger charge is 2.35. The molecule has 2 N–H and O–H groups in total. The smallest absolute Gasteiger partial charge is 0.223 e. The molecule has 0 spiro atoms. The van der Waals surface area contributed by atoms with Gasteiger partial charge in [-0.2, -0.15) is 0 Å². The molecule has 1 aliphatic carbocycles. The number of hydrogen-bond acceptors (Lipinski definition) is 1. The zero-order valence-corrected chi connectivity index (χ0v) is 17.9. The molecule has 6 heteroatoms. The molecule has 1 saturated carbocycles. The molecule has 164 valence electrons. The van der Waals surface area contributed by atoms with Gasteiger partial charge in [-0.25, -0.2) is 13.2 Å². The number of benzene rings is 2. The Balaban J connectivity index is 1.58. The van der Waals surface area contributed by atoms with Crippen LogP contribution in [0, 0.1) is 35.2 Å². The van der Waals surface area contributed by atoms with Gasteiger partial charge in [0.05, 0.1) is 11.2 Å². The van der Waals surface area contributed by atoms with E-state index in [1.165, 1.54) is 18.2 Å². The third kappa shape index (κ3) is 4.21. The number of fused-ring (bicyclic) bond motifs is 1. The first-order valence-electron chi connectivity index (χ1n) is 10.8. The van der Waals surface area contributed by atoms with Gasteiger partial charge in [0.1, 0.15) is 17.5 Å². The molecule has 3 aromatic rings. The van der Waals surface area contributed by atoms with Crippen molar-refractivity contribution in [3.8, 4) is 11.3 Å². The van der Waals surface area contributed by atoms with E-state index in [4.69, 9.17) is 0 Å². The quantitative estimate of drug-likeness (QED) is 0.486. The molecule has 2 aromatic carbocycles. The van der Waals surface area contributed by atoms with Crippen molar-refractivity contribution in [3.63, 3.8) is 0 Å². The summed E-state index contributed by atoms with van der Waals surface area (Å²) in [5, 5.41) is 3.56. The molecular formula is C25H27F3N2O. The van der Waals surface area contributed by atoms with Crippen LogP contribution in [0.4, 0.5) is 13.2 Å². The Labute approximate surface area is 180 Å². The minimum atomic E-state index is -0.643. The van der Waals surface area contributed by atoms with Crippen LogP contribution in [-0.4, -0.2) is 17.4 Å². The Hall–Kier alpha value is -2.76. The largest absolute Gasteiger partial charge is 0.356 e. The van der Waals surface area contributed by atoms with Crippen molar-refractivity contribution in [3.05, 3.63) is 59.4 Å². The molecule has 1 aromatic heterocycles. The fraction of sp³-hybridized carbons (Fsp3) is 0.400. The van der Waals surface area contributed by atoms with Crippen molar-refractivity contribution in [2.24, 2.45) is 17.8 Å². The number of nitrogens with one attached hydrogen (secondary N) is 2. The highest BCUT2D eigenvalue weighted by atomic mass is 19.1. The molecular weight excluding hydrogens is 401 g/mol. The number of hydrogen-bond donors (Lipinski definition) is 2. The maximum atomic E-state index is 14.5. The van der Waals surface area contributed by atoms with Crippen LogP contribution in [0.5, 0.6) is 0 Å². The van der Waals surface area contributed by atoms with E-state index >= 15 is 0 Å². The van der Waals surface area contributed by atoms with Gasteiger partial charge >= 0.3 is 0 Å². The number of carbonyl (C=O) groups excluding carboxylic acids is 1. The second-order valence-corrected chi connectivity index (χ2v) is 9.04. The minimum Gasteiger partial charge on any atom is -0.356 e. The van der Waals surface area contributed by atoms with Gasteiger partial charge in [0, 0.05) is 23.9 Å². The van der Waals surface area contributed by atoms with E-state index < -0.39 is 11.6 Å². The molecule has 1 unspecified atom stereocenters. The summed E-state index contributed by atoms with van der Waals surface area (Å²) >= 11 is 0. The van der Waals surface area contributed by atoms with Gasteiger partial charge in [0.25, 0.3) is 0 Å². The number of aromatic nitrogens is 1. The third-order valence-electron chi connectivity index (χ3n) is 6.62. The van der Waals surface area contributed by atoms with E-state index in [1.54, 1.807) is 12.1 Å². The van der Waals surface area contributed by atoms with Gasteiger partial charge in [0.15, 0.2) is 0 Å². The highest BCUT2D eigenvalue weighted by molar-refractivity contribution is 5.92. The van der Waals surface area contributed by atoms with Crippen molar-refractivity contribution in [2.45, 2.75) is 39.5 Å². The average Bonchev–Trinajstić information content (AvgIpc) is 3.06. The van der Waals surface area contributed by atoms with E-state index in [0.717, 1.165) is 30.0 Å². The predicted molar refractivity (Wildman–Crippen MR) is 116 cm³/mol. The fourth-order valence-corrected chi connectivity index (χ4v) is 4.36. The van der Waals surface area contributed by atoms with Crippen molar-refractivity contribution in [1.82, 2.24) is 10.3 Å². The molecule has 1 heterocycles. The predicted octanol–water partition coefficient (Wildman–Crippen LogP) is 6.15. The molecule has 31 heavy (non-hydrogen) atoms. The van der Waals surface area contributed by atoms with Crippen LogP contribution in [0.2, 0.25) is 0 Å². The van der Waals surface area contributed by atoms with Crippen LogP contribution < -0.4 is 5.32 Å². The molecule has 4 rings (SSSR count). The van der Waals surface area contributed by atoms with Crippen molar-refractivity contribution < 1.29 is 18.0 Å². The first-order valence-corrected chi connectivity index (χ1v) is 10.8. The first kappa shape index (κ1) is 21.5. The first-order chi connectivity index (χ1) is 14.7. The lowest BCUT2D eigenvalue weighted by Crippen LogP contribution is -2.38. The van der Waals surface area contributed by atoms with Crippen LogP contribution in [0.15, 0.2) is 36.4 Å². The molecule has 0 radical (unpaired) electrons.